The van der Waals surface area contributed by atoms with Crippen LogP contribution in [0.25, 0.3) is 11.4 Å². The summed E-state index contributed by atoms with van der Waals surface area (Å²) >= 11 is 0. The SMILES string of the molecule is Cc1cc(-c2ccnn2C)nc([C@H]2CCCCN2C(=O)C(C)(C)C)n1. The van der Waals surface area contributed by atoms with Crippen molar-refractivity contribution in [2.45, 2.75) is 53.0 Å². The Labute approximate surface area is 149 Å². The molecule has 6 nitrogen and oxygen atoms in total. The Kier molecular flexibility index (Phi) is 4.62. The second-order valence-electron chi connectivity index (χ2n) is 7.85. The van der Waals surface area contributed by atoms with Crippen LogP contribution in [0.2, 0.25) is 0 Å². The molecule has 0 spiro atoms. The van der Waals surface area contributed by atoms with E-state index in [1.165, 1.54) is 0 Å². The molecule has 0 aliphatic carbocycles. The predicted molar refractivity (Wildman–Crippen MR) is 96.7 cm³/mol. The number of likely N-dealkylation sites (tertiary alicyclic amines) is 1. The van der Waals surface area contributed by atoms with E-state index >= 15 is 0 Å². The van der Waals surface area contributed by atoms with Crippen LogP contribution in [-0.2, 0) is 11.8 Å². The van der Waals surface area contributed by atoms with Crippen molar-refractivity contribution in [1.82, 2.24) is 24.6 Å². The van der Waals surface area contributed by atoms with Crippen molar-refractivity contribution in [2.24, 2.45) is 12.5 Å². The summed E-state index contributed by atoms with van der Waals surface area (Å²) in [7, 11) is 1.91. The number of hydrogen-bond acceptors (Lipinski definition) is 4. The standard InChI is InChI=1S/C19H27N5O/c1-13-12-14(15-9-10-20-23(15)5)22-17(21-13)16-8-6-7-11-24(16)18(25)19(2,3)4/h9-10,12,16H,6-8,11H2,1-5H3/t16-/m1/s1. The zero-order valence-corrected chi connectivity index (χ0v) is 15.8. The highest BCUT2D eigenvalue weighted by atomic mass is 16.2. The number of carbonyl (C=O) groups is 1. The summed E-state index contributed by atoms with van der Waals surface area (Å²) in [6, 6.07) is 3.87. The Morgan fingerprint density at radius 3 is 2.64 bits per heavy atom. The van der Waals surface area contributed by atoms with Crippen molar-refractivity contribution < 1.29 is 4.79 Å². The molecule has 0 N–H and O–H groups in total. The van der Waals surface area contributed by atoms with E-state index in [-0.39, 0.29) is 11.9 Å². The normalized spacial score (nSPS) is 18.4. The van der Waals surface area contributed by atoms with Gasteiger partial charge in [0.2, 0.25) is 5.91 Å². The van der Waals surface area contributed by atoms with E-state index in [1.54, 1.807) is 6.20 Å². The average Bonchev–Trinajstić information content (AvgIpc) is 2.99. The molecule has 1 aliphatic rings. The second-order valence-corrected chi connectivity index (χ2v) is 7.85. The summed E-state index contributed by atoms with van der Waals surface area (Å²) in [4.78, 5) is 24.4. The fourth-order valence-electron chi connectivity index (χ4n) is 3.37. The van der Waals surface area contributed by atoms with Gasteiger partial charge in [-0.2, -0.15) is 5.10 Å². The number of amides is 1. The molecule has 1 saturated heterocycles. The number of aryl methyl sites for hydroxylation is 2. The maximum atomic E-state index is 12.9. The summed E-state index contributed by atoms with van der Waals surface area (Å²) in [6.45, 7) is 8.67. The molecule has 0 aromatic carbocycles. The number of aromatic nitrogens is 4. The van der Waals surface area contributed by atoms with E-state index in [0.29, 0.717) is 0 Å². The first-order valence-corrected chi connectivity index (χ1v) is 8.92. The molecule has 3 rings (SSSR count). The van der Waals surface area contributed by atoms with Crippen LogP contribution in [0.5, 0.6) is 0 Å². The molecule has 2 aromatic rings. The molecule has 0 bridgehead atoms. The summed E-state index contributed by atoms with van der Waals surface area (Å²) in [5, 5.41) is 4.23. The number of rotatable bonds is 2. The quantitative estimate of drug-likeness (QED) is 0.841. The average molecular weight is 341 g/mol. The molecule has 0 saturated carbocycles. The van der Waals surface area contributed by atoms with Crippen molar-refractivity contribution >= 4 is 5.91 Å². The van der Waals surface area contributed by atoms with Crippen LogP contribution in [0.3, 0.4) is 0 Å². The largest absolute Gasteiger partial charge is 0.332 e. The Bertz CT molecular complexity index is 774. The van der Waals surface area contributed by atoms with Gasteiger partial charge in [0, 0.05) is 30.9 Å². The van der Waals surface area contributed by atoms with Gasteiger partial charge in [-0.05, 0) is 38.3 Å². The van der Waals surface area contributed by atoms with Gasteiger partial charge in [-0.3, -0.25) is 9.48 Å². The van der Waals surface area contributed by atoms with Gasteiger partial charge >= 0.3 is 0 Å². The van der Waals surface area contributed by atoms with Gasteiger partial charge in [-0.15, -0.1) is 0 Å². The highest BCUT2D eigenvalue weighted by molar-refractivity contribution is 5.82. The maximum Gasteiger partial charge on any atom is 0.228 e. The van der Waals surface area contributed by atoms with E-state index < -0.39 is 5.41 Å². The molecule has 6 heteroatoms. The van der Waals surface area contributed by atoms with Gasteiger partial charge in [0.25, 0.3) is 0 Å². The Balaban J connectivity index is 2.00. The van der Waals surface area contributed by atoms with E-state index in [0.717, 1.165) is 48.7 Å². The molecular weight excluding hydrogens is 314 g/mol. The lowest BCUT2D eigenvalue weighted by atomic mass is 9.91. The van der Waals surface area contributed by atoms with Crippen LogP contribution < -0.4 is 0 Å². The lowest BCUT2D eigenvalue weighted by Crippen LogP contribution is -2.44. The van der Waals surface area contributed by atoms with E-state index in [1.807, 2.05) is 56.5 Å². The number of carbonyl (C=O) groups excluding carboxylic acids is 1. The maximum absolute atomic E-state index is 12.9. The molecule has 25 heavy (non-hydrogen) atoms. The fourth-order valence-corrected chi connectivity index (χ4v) is 3.37. The molecular formula is C19H27N5O. The number of hydrogen-bond donors (Lipinski definition) is 0. The van der Waals surface area contributed by atoms with E-state index in [4.69, 9.17) is 4.98 Å². The summed E-state index contributed by atoms with van der Waals surface area (Å²) in [5.74, 6) is 0.915. The fraction of sp³-hybridized carbons (Fsp3) is 0.579. The highest BCUT2D eigenvalue weighted by Gasteiger charge is 2.35. The molecule has 1 fully saturated rings. The molecule has 1 atom stereocenters. The smallest absolute Gasteiger partial charge is 0.228 e. The highest BCUT2D eigenvalue weighted by Crippen LogP contribution is 2.33. The third-order valence-corrected chi connectivity index (χ3v) is 4.66. The zero-order valence-electron chi connectivity index (χ0n) is 15.8. The molecule has 2 aromatic heterocycles. The van der Waals surface area contributed by atoms with E-state index in [9.17, 15) is 4.79 Å². The Morgan fingerprint density at radius 1 is 1.24 bits per heavy atom. The first-order valence-electron chi connectivity index (χ1n) is 8.92. The molecule has 1 aliphatic heterocycles. The predicted octanol–water partition coefficient (Wildman–Crippen LogP) is 3.29. The van der Waals surface area contributed by atoms with Crippen molar-refractivity contribution in [1.29, 1.82) is 0 Å². The van der Waals surface area contributed by atoms with Crippen LogP contribution in [0, 0.1) is 12.3 Å². The monoisotopic (exact) mass is 341 g/mol. The minimum Gasteiger partial charge on any atom is -0.332 e. The Morgan fingerprint density at radius 2 is 2.00 bits per heavy atom. The summed E-state index contributed by atoms with van der Waals surface area (Å²) in [6.07, 6.45) is 4.81. The molecule has 0 radical (unpaired) electrons. The minimum absolute atomic E-state index is 0.0487. The van der Waals surface area contributed by atoms with Crippen LogP contribution >= 0.6 is 0 Å². The van der Waals surface area contributed by atoms with Crippen molar-refractivity contribution in [3.05, 3.63) is 29.8 Å². The molecule has 3 heterocycles. The van der Waals surface area contributed by atoms with Gasteiger partial charge in [0.15, 0.2) is 5.82 Å². The van der Waals surface area contributed by atoms with Crippen LogP contribution in [0.15, 0.2) is 18.3 Å². The molecule has 1 amide bonds. The van der Waals surface area contributed by atoms with Gasteiger partial charge in [0.1, 0.15) is 0 Å². The number of piperidine rings is 1. The first-order chi connectivity index (χ1) is 11.8. The first kappa shape index (κ1) is 17.6. The topological polar surface area (TPSA) is 63.9 Å². The number of nitrogens with zero attached hydrogens (tertiary/aromatic N) is 5. The molecule has 0 unspecified atom stereocenters. The van der Waals surface area contributed by atoms with Crippen LogP contribution in [0.4, 0.5) is 0 Å². The van der Waals surface area contributed by atoms with Gasteiger partial charge in [-0.25, -0.2) is 9.97 Å². The van der Waals surface area contributed by atoms with Gasteiger partial charge < -0.3 is 4.90 Å². The molecule has 134 valence electrons. The summed E-state index contributed by atoms with van der Waals surface area (Å²) in [5.41, 5.74) is 2.33. The van der Waals surface area contributed by atoms with Gasteiger partial charge in [0.05, 0.1) is 17.4 Å². The van der Waals surface area contributed by atoms with Crippen molar-refractivity contribution in [3.8, 4) is 11.4 Å². The van der Waals surface area contributed by atoms with Gasteiger partial charge in [-0.1, -0.05) is 20.8 Å². The third-order valence-electron chi connectivity index (χ3n) is 4.66. The third kappa shape index (κ3) is 3.57. The van der Waals surface area contributed by atoms with E-state index in [2.05, 4.69) is 10.1 Å². The second kappa shape index (κ2) is 6.58. The van der Waals surface area contributed by atoms with Crippen molar-refractivity contribution in [3.63, 3.8) is 0 Å². The summed E-state index contributed by atoms with van der Waals surface area (Å²) < 4.78 is 1.81. The lowest BCUT2D eigenvalue weighted by molar-refractivity contribution is -0.143. The van der Waals surface area contributed by atoms with Crippen LogP contribution in [0.1, 0.15) is 57.6 Å². The zero-order chi connectivity index (χ0) is 18.2. The van der Waals surface area contributed by atoms with Crippen molar-refractivity contribution in [2.75, 3.05) is 6.54 Å². The van der Waals surface area contributed by atoms with Crippen LogP contribution in [-0.4, -0.2) is 37.1 Å². The lowest BCUT2D eigenvalue weighted by Gasteiger charge is -2.38. The minimum atomic E-state index is -0.399. The Hall–Kier alpha value is -2.24.